The number of benzene rings is 1. The lowest BCUT2D eigenvalue weighted by Crippen LogP contribution is -2.46. The van der Waals surface area contributed by atoms with Crippen molar-refractivity contribution >= 4 is 22.7 Å². The smallest absolute Gasteiger partial charge is 0.242 e. The van der Waals surface area contributed by atoms with Gasteiger partial charge in [0.25, 0.3) is 0 Å². The topological polar surface area (TPSA) is 65.2 Å². The van der Waals surface area contributed by atoms with Crippen molar-refractivity contribution in [3.63, 3.8) is 0 Å². The molecular weight excluding hydrogens is 321 g/mol. The lowest BCUT2D eigenvalue weighted by Gasteiger charge is -2.23. The first kappa shape index (κ1) is 17.5. The third kappa shape index (κ3) is 3.83. The third-order valence-corrected chi connectivity index (χ3v) is 4.76. The predicted octanol–water partition coefficient (Wildman–Crippen LogP) is 2.76. The Hall–Kier alpha value is -2.37. The van der Waals surface area contributed by atoms with Crippen LogP contribution in [0.3, 0.4) is 0 Å². The Morgan fingerprint density at radius 3 is 3.04 bits per heavy atom. The molecule has 0 aliphatic carbocycles. The van der Waals surface area contributed by atoms with Crippen LogP contribution in [0.5, 0.6) is 0 Å². The molecule has 2 aromatic rings. The van der Waals surface area contributed by atoms with E-state index in [0.29, 0.717) is 25.9 Å². The second-order valence-corrected chi connectivity index (χ2v) is 6.54. The molecule has 1 aromatic heterocycles. The van der Waals surface area contributed by atoms with E-state index in [4.69, 9.17) is 0 Å². The van der Waals surface area contributed by atoms with Crippen LogP contribution in [-0.2, 0) is 16.0 Å². The Morgan fingerprint density at radius 2 is 2.24 bits per heavy atom. The van der Waals surface area contributed by atoms with Gasteiger partial charge in [0.05, 0.1) is 0 Å². The Balaban J connectivity index is 1.56. The van der Waals surface area contributed by atoms with Crippen LogP contribution in [0.2, 0.25) is 0 Å². The van der Waals surface area contributed by atoms with Crippen molar-refractivity contribution in [2.75, 3.05) is 13.1 Å². The van der Waals surface area contributed by atoms with E-state index in [1.165, 1.54) is 12.1 Å². The fourth-order valence-electron chi connectivity index (χ4n) is 3.50. The van der Waals surface area contributed by atoms with Gasteiger partial charge in [0.15, 0.2) is 0 Å². The molecule has 1 saturated heterocycles. The van der Waals surface area contributed by atoms with Gasteiger partial charge in [-0.2, -0.15) is 0 Å². The molecule has 1 aromatic carbocycles. The van der Waals surface area contributed by atoms with Gasteiger partial charge < -0.3 is 15.2 Å². The van der Waals surface area contributed by atoms with E-state index in [-0.39, 0.29) is 23.7 Å². The second-order valence-electron chi connectivity index (χ2n) is 6.54. The summed E-state index contributed by atoms with van der Waals surface area (Å²) in [4.78, 5) is 29.3. The minimum absolute atomic E-state index is 0.0683. The van der Waals surface area contributed by atoms with Crippen molar-refractivity contribution in [3.8, 4) is 0 Å². The van der Waals surface area contributed by atoms with Crippen LogP contribution in [-0.4, -0.2) is 40.8 Å². The van der Waals surface area contributed by atoms with Crippen molar-refractivity contribution in [3.05, 3.63) is 35.8 Å². The van der Waals surface area contributed by atoms with Gasteiger partial charge in [-0.25, -0.2) is 4.39 Å². The number of aromatic amines is 1. The fraction of sp³-hybridized carbons (Fsp3) is 0.474. The number of carbonyl (C=O) groups excluding carboxylic acids is 2. The molecule has 5 nitrogen and oxygen atoms in total. The molecule has 1 fully saturated rings. The highest BCUT2D eigenvalue weighted by Crippen LogP contribution is 2.20. The number of H-pyrrole nitrogens is 1. The molecule has 2 heterocycles. The maximum absolute atomic E-state index is 13.2. The first-order valence-corrected chi connectivity index (χ1v) is 8.93. The average Bonchev–Trinajstić information content (AvgIpc) is 3.22. The number of carbonyl (C=O) groups is 2. The number of amides is 2. The summed E-state index contributed by atoms with van der Waals surface area (Å²) in [5, 5.41) is 3.91. The molecule has 134 valence electrons. The number of rotatable bonds is 6. The van der Waals surface area contributed by atoms with Crippen molar-refractivity contribution in [2.24, 2.45) is 0 Å². The van der Waals surface area contributed by atoms with Crippen LogP contribution in [0.4, 0.5) is 4.39 Å². The standard InChI is InChI=1S/C19H24FN3O2/c1-2-4-18(24)23-10-3-5-17(23)19(25)21-9-8-13-12-22-16-11-14(20)6-7-15(13)16/h6-7,11-12,17,22H,2-5,8-10H2,1H3,(H,21,25)/t17-/m0/s1. The molecule has 2 N–H and O–H groups in total. The zero-order valence-electron chi connectivity index (χ0n) is 14.5. The summed E-state index contributed by atoms with van der Waals surface area (Å²) in [6.45, 7) is 3.14. The van der Waals surface area contributed by atoms with Crippen molar-refractivity contribution < 1.29 is 14.0 Å². The molecule has 1 atom stereocenters. The van der Waals surface area contributed by atoms with Crippen molar-refractivity contribution in [1.82, 2.24) is 15.2 Å². The third-order valence-electron chi connectivity index (χ3n) is 4.76. The number of nitrogens with one attached hydrogen (secondary N) is 2. The molecule has 6 heteroatoms. The zero-order valence-corrected chi connectivity index (χ0v) is 14.5. The first-order chi connectivity index (χ1) is 12.1. The fourth-order valence-corrected chi connectivity index (χ4v) is 3.50. The van der Waals surface area contributed by atoms with E-state index >= 15 is 0 Å². The van der Waals surface area contributed by atoms with E-state index in [1.54, 1.807) is 11.0 Å². The van der Waals surface area contributed by atoms with Gasteiger partial charge in [0, 0.05) is 36.6 Å². The molecular formula is C19H24FN3O2. The Labute approximate surface area is 146 Å². The van der Waals surface area contributed by atoms with Crippen LogP contribution >= 0.6 is 0 Å². The lowest BCUT2D eigenvalue weighted by atomic mass is 10.1. The molecule has 0 saturated carbocycles. The number of nitrogens with zero attached hydrogens (tertiary/aromatic N) is 1. The second kappa shape index (κ2) is 7.68. The highest BCUT2D eigenvalue weighted by molar-refractivity contribution is 5.88. The molecule has 25 heavy (non-hydrogen) atoms. The Morgan fingerprint density at radius 1 is 1.40 bits per heavy atom. The van der Waals surface area contributed by atoms with Crippen LogP contribution in [0, 0.1) is 5.82 Å². The number of hydrogen-bond acceptors (Lipinski definition) is 2. The number of aromatic nitrogens is 1. The summed E-state index contributed by atoms with van der Waals surface area (Å²) < 4.78 is 13.2. The SMILES string of the molecule is CCCC(=O)N1CCC[C@H]1C(=O)NCCc1c[nH]c2cc(F)ccc12. The zero-order chi connectivity index (χ0) is 17.8. The molecule has 3 rings (SSSR count). The normalized spacial score (nSPS) is 17.2. The monoisotopic (exact) mass is 345 g/mol. The quantitative estimate of drug-likeness (QED) is 0.845. The van der Waals surface area contributed by atoms with E-state index in [0.717, 1.165) is 35.7 Å². The summed E-state index contributed by atoms with van der Waals surface area (Å²) in [6, 6.07) is 4.32. The average molecular weight is 345 g/mol. The first-order valence-electron chi connectivity index (χ1n) is 8.93. The van der Waals surface area contributed by atoms with Gasteiger partial charge in [-0.05, 0) is 49.4 Å². The Kier molecular flexibility index (Phi) is 5.36. The summed E-state index contributed by atoms with van der Waals surface area (Å²) in [5.41, 5.74) is 1.80. The molecule has 0 radical (unpaired) electrons. The van der Waals surface area contributed by atoms with Crippen LogP contribution in [0.15, 0.2) is 24.4 Å². The molecule has 1 aliphatic rings. The van der Waals surface area contributed by atoms with Crippen LogP contribution < -0.4 is 5.32 Å². The highest BCUT2D eigenvalue weighted by Gasteiger charge is 2.33. The maximum atomic E-state index is 13.2. The molecule has 2 amide bonds. The van der Waals surface area contributed by atoms with Gasteiger partial charge >= 0.3 is 0 Å². The molecule has 1 aliphatic heterocycles. The number of halogens is 1. The van der Waals surface area contributed by atoms with E-state index in [1.807, 2.05) is 13.1 Å². The van der Waals surface area contributed by atoms with Gasteiger partial charge in [-0.3, -0.25) is 9.59 Å². The minimum atomic E-state index is -0.337. The van der Waals surface area contributed by atoms with E-state index < -0.39 is 0 Å². The predicted molar refractivity (Wildman–Crippen MR) is 94.6 cm³/mol. The van der Waals surface area contributed by atoms with Crippen molar-refractivity contribution in [2.45, 2.75) is 45.1 Å². The number of likely N-dealkylation sites (tertiary alicyclic amines) is 1. The van der Waals surface area contributed by atoms with Crippen LogP contribution in [0.1, 0.15) is 38.2 Å². The van der Waals surface area contributed by atoms with E-state index in [2.05, 4.69) is 10.3 Å². The van der Waals surface area contributed by atoms with Crippen molar-refractivity contribution in [1.29, 1.82) is 0 Å². The molecule has 0 unspecified atom stereocenters. The number of hydrogen-bond donors (Lipinski definition) is 2. The summed E-state index contributed by atoms with van der Waals surface area (Å²) in [6.07, 6.45) is 5.41. The molecule has 0 bridgehead atoms. The maximum Gasteiger partial charge on any atom is 0.242 e. The van der Waals surface area contributed by atoms with Gasteiger partial charge in [-0.1, -0.05) is 6.92 Å². The number of fused-ring (bicyclic) bond motifs is 1. The van der Waals surface area contributed by atoms with E-state index in [9.17, 15) is 14.0 Å². The lowest BCUT2D eigenvalue weighted by molar-refractivity contribution is -0.138. The van der Waals surface area contributed by atoms with Gasteiger partial charge in [0.1, 0.15) is 11.9 Å². The van der Waals surface area contributed by atoms with Gasteiger partial charge in [0.2, 0.25) is 11.8 Å². The van der Waals surface area contributed by atoms with Gasteiger partial charge in [-0.15, -0.1) is 0 Å². The Bertz CT molecular complexity index is 771. The largest absolute Gasteiger partial charge is 0.361 e. The highest BCUT2D eigenvalue weighted by atomic mass is 19.1. The summed E-state index contributed by atoms with van der Waals surface area (Å²) in [5.74, 6) is -0.279. The summed E-state index contributed by atoms with van der Waals surface area (Å²) in [7, 11) is 0. The van der Waals surface area contributed by atoms with Crippen LogP contribution in [0.25, 0.3) is 10.9 Å². The molecule has 0 spiro atoms. The summed E-state index contributed by atoms with van der Waals surface area (Å²) >= 11 is 0. The minimum Gasteiger partial charge on any atom is -0.361 e.